The molecular weight excluding hydrogens is 529 g/mol. The Hall–Kier alpha value is -3.14. The monoisotopic (exact) mass is 552 g/mol. The Bertz CT molecular complexity index is 1160. The third-order valence-electron chi connectivity index (χ3n) is 5.60. The van der Waals surface area contributed by atoms with Crippen LogP contribution in [0.5, 0.6) is 0 Å². The highest BCUT2D eigenvalue weighted by atomic mass is 79.9. The van der Waals surface area contributed by atoms with Gasteiger partial charge in [-0.05, 0) is 56.7 Å². The van der Waals surface area contributed by atoms with Gasteiger partial charge in [-0.1, -0.05) is 34.1 Å². The van der Waals surface area contributed by atoms with Crippen LogP contribution in [0, 0.1) is 11.3 Å². The number of ether oxygens (including phenoxy) is 2. The maximum absolute atomic E-state index is 13.4. The molecule has 0 amide bonds. The van der Waals surface area contributed by atoms with Crippen molar-refractivity contribution in [2.24, 2.45) is 5.92 Å². The minimum Gasteiger partial charge on any atom is -0.465 e. The fourth-order valence-electron chi connectivity index (χ4n) is 4.14. The first-order valence-corrected chi connectivity index (χ1v) is 11.7. The van der Waals surface area contributed by atoms with Crippen molar-refractivity contribution in [3.05, 3.63) is 75.4 Å². The number of carbonyl (C=O) groups is 2. The third-order valence-corrected chi connectivity index (χ3v) is 6.13. The predicted octanol–water partition coefficient (Wildman–Crippen LogP) is 6.07. The van der Waals surface area contributed by atoms with E-state index < -0.39 is 35.5 Å². The minimum atomic E-state index is -4.61. The Labute approximate surface area is 209 Å². The van der Waals surface area contributed by atoms with Gasteiger partial charge in [0.25, 0.3) is 0 Å². The summed E-state index contributed by atoms with van der Waals surface area (Å²) in [5, 5.41) is 8.91. The molecule has 186 valence electrons. The van der Waals surface area contributed by atoms with Gasteiger partial charge < -0.3 is 14.4 Å². The van der Waals surface area contributed by atoms with Gasteiger partial charge >= 0.3 is 18.1 Å². The van der Waals surface area contributed by atoms with Crippen LogP contribution in [0.3, 0.4) is 0 Å². The molecule has 0 saturated carbocycles. The van der Waals surface area contributed by atoms with E-state index in [2.05, 4.69) is 15.9 Å². The van der Waals surface area contributed by atoms with Crippen molar-refractivity contribution in [1.29, 1.82) is 5.41 Å². The Balaban J connectivity index is 2.30. The summed E-state index contributed by atoms with van der Waals surface area (Å²) in [5.74, 6) is -4.03. The predicted molar refractivity (Wildman–Crippen MR) is 128 cm³/mol. The van der Waals surface area contributed by atoms with Crippen LogP contribution in [0.1, 0.15) is 37.8 Å². The van der Waals surface area contributed by atoms with E-state index in [0.717, 1.165) is 16.6 Å². The highest BCUT2D eigenvalue weighted by Crippen LogP contribution is 2.44. The lowest BCUT2D eigenvalue weighted by Gasteiger charge is -2.40. The number of amidine groups is 1. The molecule has 0 aliphatic carbocycles. The van der Waals surface area contributed by atoms with Crippen molar-refractivity contribution < 1.29 is 32.2 Å². The number of halogens is 4. The molecule has 0 aromatic heterocycles. The molecule has 0 fully saturated rings. The molecule has 35 heavy (non-hydrogen) atoms. The Morgan fingerprint density at radius 2 is 1.69 bits per heavy atom. The van der Waals surface area contributed by atoms with Crippen LogP contribution in [0.2, 0.25) is 0 Å². The molecule has 2 unspecified atom stereocenters. The average Bonchev–Trinajstić information content (AvgIpc) is 2.79. The number of anilines is 1. The number of hydrogen-bond donors (Lipinski definition) is 1. The molecule has 0 spiro atoms. The van der Waals surface area contributed by atoms with Crippen molar-refractivity contribution in [2.45, 2.75) is 32.9 Å². The van der Waals surface area contributed by atoms with Crippen LogP contribution in [0.15, 0.2) is 64.3 Å². The van der Waals surface area contributed by atoms with Gasteiger partial charge in [-0.3, -0.25) is 10.2 Å². The van der Waals surface area contributed by atoms with Crippen LogP contribution < -0.4 is 4.90 Å². The van der Waals surface area contributed by atoms with E-state index >= 15 is 0 Å². The molecule has 0 radical (unpaired) electrons. The molecule has 3 rings (SSSR count). The standard InChI is InChI=1S/C25H24BrF3N2O4/c1-4-34-23(32)19-14(3)31(18-8-6-7-16(13-18)25(27,28)29)22(30)21(24(33)35-5-2)20(19)15-9-11-17(26)12-10-15/h6-13,20-21,30H,4-5H2,1-3H3. The quantitative estimate of drug-likeness (QED) is 0.440. The molecule has 2 aromatic rings. The Kier molecular flexibility index (Phi) is 8.04. The lowest BCUT2D eigenvalue weighted by Crippen LogP contribution is -2.48. The van der Waals surface area contributed by atoms with Gasteiger partial charge in [0.05, 0.1) is 24.4 Å². The third kappa shape index (κ3) is 5.42. The summed E-state index contributed by atoms with van der Waals surface area (Å²) in [4.78, 5) is 27.5. The first-order valence-electron chi connectivity index (χ1n) is 10.9. The lowest BCUT2D eigenvalue weighted by molar-refractivity contribution is -0.146. The van der Waals surface area contributed by atoms with Crippen LogP contribution in [-0.2, 0) is 25.2 Å². The van der Waals surface area contributed by atoms with Crippen molar-refractivity contribution in [3.8, 4) is 0 Å². The van der Waals surface area contributed by atoms with E-state index in [9.17, 15) is 22.8 Å². The lowest BCUT2D eigenvalue weighted by atomic mass is 9.75. The first kappa shape index (κ1) is 26.5. The highest BCUT2D eigenvalue weighted by molar-refractivity contribution is 9.10. The van der Waals surface area contributed by atoms with Crippen molar-refractivity contribution in [3.63, 3.8) is 0 Å². The average molecular weight is 553 g/mol. The van der Waals surface area contributed by atoms with Gasteiger partial charge in [0.15, 0.2) is 0 Å². The smallest absolute Gasteiger partial charge is 0.416 e. The van der Waals surface area contributed by atoms with Crippen LogP contribution in [0.25, 0.3) is 0 Å². The normalized spacial score (nSPS) is 18.5. The summed E-state index contributed by atoms with van der Waals surface area (Å²) in [6, 6.07) is 11.3. The topological polar surface area (TPSA) is 79.7 Å². The maximum atomic E-state index is 13.4. The molecule has 0 bridgehead atoms. The van der Waals surface area contributed by atoms with Crippen LogP contribution in [-0.4, -0.2) is 31.0 Å². The number of rotatable bonds is 6. The Morgan fingerprint density at radius 3 is 2.26 bits per heavy atom. The number of allylic oxidation sites excluding steroid dienone is 1. The van der Waals surface area contributed by atoms with E-state index in [1.807, 2.05) is 0 Å². The summed E-state index contributed by atoms with van der Waals surface area (Å²) in [5.41, 5.74) is -0.104. The molecule has 1 aliphatic heterocycles. The van der Waals surface area contributed by atoms with E-state index in [0.29, 0.717) is 5.56 Å². The summed E-state index contributed by atoms with van der Waals surface area (Å²) in [7, 11) is 0. The zero-order chi connectivity index (χ0) is 25.9. The molecule has 0 saturated heterocycles. The Morgan fingerprint density at radius 1 is 1.06 bits per heavy atom. The van der Waals surface area contributed by atoms with Gasteiger partial charge in [0.2, 0.25) is 0 Å². The number of carbonyl (C=O) groups excluding carboxylic acids is 2. The van der Waals surface area contributed by atoms with Crippen molar-refractivity contribution >= 4 is 39.4 Å². The second kappa shape index (κ2) is 10.6. The van der Waals surface area contributed by atoms with E-state index in [4.69, 9.17) is 14.9 Å². The summed E-state index contributed by atoms with van der Waals surface area (Å²) in [6.07, 6.45) is -4.61. The zero-order valence-corrected chi connectivity index (χ0v) is 20.9. The van der Waals surface area contributed by atoms with Gasteiger partial charge in [-0.2, -0.15) is 13.2 Å². The summed E-state index contributed by atoms with van der Waals surface area (Å²) < 4.78 is 51.5. The summed E-state index contributed by atoms with van der Waals surface area (Å²) >= 11 is 3.36. The second-order valence-corrected chi connectivity index (χ2v) is 8.66. The molecule has 6 nitrogen and oxygen atoms in total. The highest BCUT2D eigenvalue weighted by Gasteiger charge is 2.47. The van der Waals surface area contributed by atoms with Crippen LogP contribution >= 0.6 is 15.9 Å². The van der Waals surface area contributed by atoms with E-state index in [-0.39, 0.29) is 36.0 Å². The number of alkyl halides is 3. The fraction of sp³-hybridized carbons (Fsp3) is 0.320. The molecule has 2 aromatic carbocycles. The number of benzene rings is 2. The minimum absolute atomic E-state index is 0.00678. The number of nitrogens with zero attached hydrogens (tertiary/aromatic N) is 1. The molecule has 2 atom stereocenters. The molecule has 1 N–H and O–H groups in total. The van der Waals surface area contributed by atoms with E-state index in [1.165, 1.54) is 24.0 Å². The number of nitrogens with one attached hydrogen (secondary N) is 1. The first-order chi connectivity index (χ1) is 16.5. The second-order valence-electron chi connectivity index (χ2n) is 7.75. The fourth-order valence-corrected chi connectivity index (χ4v) is 4.40. The molecular formula is C25H24BrF3N2O4. The maximum Gasteiger partial charge on any atom is 0.416 e. The largest absolute Gasteiger partial charge is 0.465 e. The zero-order valence-electron chi connectivity index (χ0n) is 19.3. The number of esters is 2. The number of hydrogen-bond acceptors (Lipinski definition) is 5. The van der Waals surface area contributed by atoms with Crippen molar-refractivity contribution in [2.75, 3.05) is 18.1 Å². The van der Waals surface area contributed by atoms with Gasteiger partial charge in [0, 0.05) is 21.8 Å². The summed E-state index contributed by atoms with van der Waals surface area (Å²) in [6.45, 7) is 4.83. The van der Waals surface area contributed by atoms with Crippen LogP contribution in [0.4, 0.5) is 18.9 Å². The van der Waals surface area contributed by atoms with Gasteiger partial charge in [-0.15, -0.1) is 0 Å². The molecule has 1 aliphatic rings. The molecule has 1 heterocycles. The van der Waals surface area contributed by atoms with E-state index in [1.54, 1.807) is 38.1 Å². The molecule has 10 heteroatoms. The van der Waals surface area contributed by atoms with Gasteiger partial charge in [0.1, 0.15) is 11.8 Å². The SMILES string of the molecule is CCOC(=O)C1=C(C)N(c2cccc(C(F)(F)F)c2)C(=N)C(C(=O)OCC)C1c1ccc(Br)cc1. The van der Waals surface area contributed by atoms with Gasteiger partial charge in [-0.25, -0.2) is 4.79 Å². The van der Waals surface area contributed by atoms with Crippen molar-refractivity contribution in [1.82, 2.24) is 0 Å².